The fraction of sp³-hybridized carbons (Fsp3) is 1.00. The highest BCUT2D eigenvalue weighted by Gasteiger charge is 2.25. The molecule has 0 atom stereocenters. The van der Waals surface area contributed by atoms with Gasteiger partial charge in [0.05, 0.1) is 0 Å². The summed E-state index contributed by atoms with van der Waals surface area (Å²) in [5, 5.41) is 3.48. The van der Waals surface area contributed by atoms with Gasteiger partial charge in [-0.3, -0.25) is 4.90 Å². The normalized spacial score (nSPS) is 20.1. The summed E-state index contributed by atoms with van der Waals surface area (Å²) in [6, 6.07) is 0.618. The third-order valence-corrected chi connectivity index (χ3v) is 3.52. The summed E-state index contributed by atoms with van der Waals surface area (Å²) in [4.78, 5) is 5.19. The lowest BCUT2D eigenvalue weighted by Gasteiger charge is -2.42. The summed E-state index contributed by atoms with van der Waals surface area (Å²) in [6.45, 7) is 18.7. The number of piperazine rings is 1. The Morgan fingerprint density at radius 1 is 1.06 bits per heavy atom. The minimum atomic E-state index is 0.339. The van der Waals surface area contributed by atoms with Gasteiger partial charge in [-0.05, 0) is 40.3 Å². The van der Waals surface area contributed by atoms with Gasteiger partial charge in [-0.2, -0.15) is 0 Å². The van der Waals surface area contributed by atoms with E-state index in [1.54, 1.807) is 0 Å². The molecule has 1 rings (SSSR count). The second-order valence-corrected chi connectivity index (χ2v) is 6.46. The highest BCUT2D eigenvalue weighted by atomic mass is 15.3. The van der Waals surface area contributed by atoms with E-state index in [1.807, 2.05) is 0 Å². The maximum absolute atomic E-state index is 3.48. The minimum Gasteiger partial charge on any atom is -0.314 e. The topological polar surface area (TPSA) is 18.5 Å². The van der Waals surface area contributed by atoms with Crippen molar-refractivity contribution in [2.24, 2.45) is 0 Å². The van der Waals surface area contributed by atoms with Gasteiger partial charge >= 0.3 is 0 Å². The van der Waals surface area contributed by atoms with Crippen molar-refractivity contribution in [3.05, 3.63) is 0 Å². The van der Waals surface area contributed by atoms with Crippen molar-refractivity contribution >= 4 is 0 Å². The smallest absolute Gasteiger partial charge is 0.0126 e. The molecule has 3 nitrogen and oxygen atoms in total. The van der Waals surface area contributed by atoms with E-state index in [0.29, 0.717) is 11.6 Å². The molecule has 0 bridgehead atoms. The van der Waals surface area contributed by atoms with E-state index in [-0.39, 0.29) is 0 Å². The molecule has 0 radical (unpaired) electrons. The molecule has 3 heteroatoms. The summed E-state index contributed by atoms with van der Waals surface area (Å²) in [5.74, 6) is 0. The van der Waals surface area contributed by atoms with Crippen LogP contribution in [0.25, 0.3) is 0 Å². The predicted octanol–water partition coefficient (Wildman–Crippen LogP) is 1.79. The Balaban J connectivity index is 2.11. The van der Waals surface area contributed by atoms with Gasteiger partial charge in [-0.25, -0.2) is 0 Å². The molecule has 0 saturated carbocycles. The van der Waals surface area contributed by atoms with Gasteiger partial charge in [-0.15, -0.1) is 0 Å². The van der Waals surface area contributed by atoms with Crippen LogP contribution < -0.4 is 5.32 Å². The van der Waals surface area contributed by atoms with Crippen LogP contribution in [0.4, 0.5) is 0 Å². The van der Waals surface area contributed by atoms with Crippen LogP contribution in [-0.2, 0) is 0 Å². The van der Waals surface area contributed by atoms with Crippen LogP contribution in [0.2, 0.25) is 0 Å². The first-order valence-electron chi connectivity index (χ1n) is 7.10. The van der Waals surface area contributed by atoms with Crippen LogP contribution in [0, 0.1) is 0 Å². The van der Waals surface area contributed by atoms with Gasteiger partial charge in [0, 0.05) is 37.8 Å². The molecular weight excluding hydrogens is 210 g/mol. The average Bonchev–Trinajstić information content (AvgIpc) is 2.23. The molecule has 1 N–H and O–H groups in total. The maximum Gasteiger partial charge on any atom is 0.0126 e. The third kappa shape index (κ3) is 5.84. The Hall–Kier alpha value is -0.120. The lowest BCUT2D eigenvalue weighted by atomic mass is 10.0. The number of hydrogen-bond donors (Lipinski definition) is 1. The molecule has 0 unspecified atom stereocenters. The first kappa shape index (κ1) is 14.9. The monoisotopic (exact) mass is 241 g/mol. The Kier molecular flexibility index (Phi) is 5.90. The molecule has 102 valence electrons. The van der Waals surface area contributed by atoms with Crippen molar-refractivity contribution in [3.63, 3.8) is 0 Å². The lowest BCUT2D eigenvalue weighted by Crippen LogP contribution is -2.53. The highest BCUT2D eigenvalue weighted by Crippen LogP contribution is 2.15. The molecule has 1 aliphatic heterocycles. The lowest BCUT2D eigenvalue weighted by molar-refractivity contribution is 0.0619. The molecule has 1 fully saturated rings. The van der Waals surface area contributed by atoms with E-state index < -0.39 is 0 Å². The number of nitrogens with zero attached hydrogens (tertiary/aromatic N) is 2. The first-order chi connectivity index (χ1) is 7.89. The molecule has 0 aromatic carbocycles. The molecule has 1 heterocycles. The van der Waals surface area contributed by atoms with E-state index in [1.165, 1.54) is 39.1 Å². The number of nitrogens with one attached hydrogen (secondary N) is 1. The van der Waals surface area contributed by atoms with E-state index in [2.05, 4.69) is 49.7 Å². The largest absolute Gasteiger partial charge is 0.314 e. The van der Waals surface area contributed by atoms with Gasteiger partial charge in [0.15, 0.2) is 0 Å². The van der Waals surface area contributed by atoms with Crippen molar-refractivity contribution in [2.45, 2.75) is 52.6 Å². The molecule has 0 aromatic rings. The van der Waals surface area contributed by atoms with Gasteiger partial charge in [-0.1, -0.05) is 13.8 Å². The van der Waals surface area contributed by atoms with Crippen molar-refractivity contribution in [1.82, 2.24) is 15.1 Å². The fourth-order valence-electron chi connectivity index (χ4n) is 2.34. The zero-order valence-electron chi connectivity index (χ0n) is 12.4. The second-order valence-electron chi connectivity index (χ2n) is 6.46. The average molecular weight is 241 g/mol. The minimum absolute atomic E-state index is 0.339. The van der Waals surface area contributed by atoms with E-state index in [4.69, 9.17) is 0 Å². The highest BCUT2D eigenvalue weighted by molar-refractivity contribution is 4.81. The van der Waals surface area contributed by atoms with Crippen LogP contribution >= 0.6 is 0 Å². The van der Waals surface area contributed by atoms with Crippen LogP contribution in [0.1, 0.15) is 41.0 Å². The zero-order valence-corrected chi connectivity index (χ0v) is 12.4. The standard InChI is InChI=1S/C14H31N3/c1-13(2)15-7-6-8-16-9-11-17(12-10-16)14(3,4)5/h13,15H,6-12H2,1-5H3. The SMILES string of the molecule is CC(C)NCCCN1CCN(C(C)(C)C)CC1. The van der Waals surface area contributed by atoms with Crippen LogP contribution in [-0.4, -0.2) is 60.6 Å². The van der Waals surface area contributed by atoms with Gasteiger partial charge in [0.2, 0.25) is 0 Å². The molecular formula is C14H31N3. The van der Waals surface area contributed by atoms with Gasteiger partial charge < -0.3 is 10.2 Å². The molecule has 17 heavy (non-hydrogen) atoms. The summed E-state index contributed by atoms with van der Waals surface area (Å²) >= 11 is 0. The molecule has 0 aromatic heterocycles. The Morgan fingerprint density at radius 3 is 2.12 bits per heavy atom. The molecule has 0 aliphatic carbocycles. The zero-order chi connectivity index (χ0) is 12.9. The quantitative estimate of drug-likeness (QED) is 0.740. The third-order valence-electron chi connectivity index (χ3n) is 3.52. The van der Waals surface area contributed by atoms with Crippen LogP contribution in [0.3, 0.4) is 0 Å². The predicted molar refractivity (Wildman–Crippen MR) is 75.5 cm³/mol. The van der Waals surface area contributed by atoms with E-state index >= 15 is 0 Å². The van der Waals surface area contributed by atoms with Gasteiger partial charge in [0.25, 0.3) is 0 Å². The molecule has 0 spiro atoms. The number of hydrogen-bond acceptors (Lipinski definition) is 3. The Bertz CT molecular complexity index is 200. The van der Waals surface area contributed by atoms with Crippen molar-refractivity contribution < 1.29 is 0 Å². The van der Waals surface area contributed by atoms with E-state index in [0.717, 1.165) is 6.54 Å². The maximum atomic E-state index is 3.48. The fourth-order valence-corrected chi connectivity index (χ4v) is 2.34. The van der Waals surface area contributed by atoms with Crippen LogP contribution in [0.5, 0.6) is 0 Å². The Morgan fingerprint density at radius 2 is 1.65 bits per heavy atom. The van der Waals surface area contributed by atoms with Crippen molar-refractivity contribution in [1.29, 1.82) is 0 Å². The summed E-state index contributed by atoms with van der Waals surface area (Å²) < 4.78 is 0. The van der Waals surface area contributed by atoms with Gasteiger partial charge in [0.1, 0.15) is 0 Å². The van der Waals surface area contributed by atoms with Crippen LogP contribution in [0.15, 0.2) is 0 Å². The second kappa shape index (κ2) is 6.72. The molecule has 1 aliphatic rings. The van der Waals surface area contributed by atoms with Crippen molar-refractivity contribution in [2.75, 3.05) is 39.3 Å². The number of rotatable bonds is 5. The van der Waals surface area contributed by atoms with E-state index in [9.17, 15) is 0 Å². The summed E-state index contributed by atoms with van der Waals surface area (Å²) in [5.41, 5.74) is 0.339. The van der Waals surface area contributed by atoms with Crippen molar-refractivity contribution in [3.8, 4) is 0 Å². The first-order valence-corrected chi connectivity index (χ1v) is 7.10. The summed E-state index contributed by atoms with van der Waals surface area (Å²) in [6.07, 6.45) is 1.27. The molecule has 1 saturated heterocycles. The Labute approximate surface area is 108 Å². The molecule has 0 amide bonds. The summed E-state index contributed by atoms with van der Waals surface area (Å²) in [7, 11) is 0.